The van der Waals surface area contributed by atoms with E-state index < -0.39 is 0 Å². The monoisotopic (exact) mass is 605 g/mol. The van der Waals surface area contributed by atoms with Crippen molar-refractivity contribution in [2.24, 2.45) is 4.99 Å². The Labute approximate surface area is 268 Å². The van der Waals surface area contributed by atoms with Gasteiger partial charge in [-0.3, -0.25) is 4.99 Å². The molecule has 5 N–H and O–H groups in total. The van der Waals surface area contributed by atoms with Crippen molar-refractivity contribution in [2.75, 3.05) is 0 Å². The maximum atomic E-state index is 4.72. The third-order valence-corrected chi connectivity index (χ3v) is 9.44. The molecule has 0 saturated carbocycles. The second kappa shape index (κ2) is 9.99. The maximum absolute atomic E-state index is 4.72. The lowest BCUT2D eigenvalue weighted by molar-refractivity contribution is 1.25. The maximum Gasteiger partial charge on any atom is 0.0709 e. The summed E-state index contributed by atoms with van der Waals surface area (Å²) in [5.74, 6) is 0. The molecule has 0 saturated heterocycles. The number of rotatable bonds is 4. The smallest absolute Gasteiger partial charge is 0.0709 e. The molecule has 6 heterocycles. The van der Waals surface area contributed by atoms with Gasteiger partial charge in [0.1, 0.15) is 0 Å². The van der Waals surface area contributed by atoms with Crippen LogP contribution in [0.25, 0.3) is 77.9 Å². The predicted octanol–water partition coefficient (Wildman–Crippen LogP) is 8.53. The Hall–Kier alpha value is -6.53. The van der Waals surface area contributed by atoms with E-state index in [1.165, 1.54) is 16.2 Å². The highest BCUT2D eigenvalue weighted by Gasteiger charge is 2.18. The van der Waals surface area contributed by atoms with E-state index in [1.54, 1.807) is 0 Å². The second-order valence-electron chi connectivity index (χ2n) is 12.1. The van der Waals surface area contributed by atoms with Crippen molar-refractivity contribution < 1.29 is 0 Å². The molecule has 6 nitrogen and oxygen atoms in total. The fourth-order valence-corrected chi connectivity index (χ4v) is 7.16. The number of para-hydroxylation sites is 4. The number of aromatic nitrogens is 5. The quantitative estimate of drug-likeness (QED) is 0.125. The van der Waals surface area contributed by atoms with Gasteiger partial charge in [-0.15, -0.1) is 0 Å². The number of fused-ring (bicyclic) bond motifs is 4. The molecular weight excluding hydrogens is 577 g/mol. The van der Waals surface area contributed by atoms with Gasteiger partial charge in [0, 0.05) is 119 Å². The Kier molecular flexibility index (Phi) is 5.48. The lowest BCUT2D eigenvalue weighted by atomic mass is 10.0. The van der Waals surface area contributed by atoms with E-state index in [9.17, 15) is 0 Å². The molecule has 1 aliphatic heterocycles. The molecule has 4 aromatic carbocycles. The molecule has 0 radical (unpaired) electrons. The van der Waals surface area contributed by atoms with Crippen LogP contribution < -0.4 is 10.7 Å². The first-order chi connectivity index (χ1) is 23.3. The summed E-state index contributed by atoms with van der Waals surface area (Å²) in [5, 5.41) is 5.60. The molecule has 0 spiro atoms. The molecule has 0 bridgehead atoms. The average molecular weight is 606 g/mol. The van der Waals surface area contributed by atoms with E-state index in [4.69, 9.17) is 4.99 Å². The van der Waals surface area contributed by atoms with Gasteiger partial charge in [0.25, 0.3) is 0 Å². The highest BCUT2D eigenvalue weighted by molar-refractivity contribution is 6.16. The van der Waals surface area contributed by atoms with Crippen molar-refractivity contribution in [2.45, 2.75) is 0 Å². The van der Waals surface area contributed by atoms with Crippen molar-refractivity contribution in [3.8, 4) is 33.5 Å². The molecule has 1 aliphatic rings. The van der Waals surface area contributed by atoms with Crippen LogP contribution in [-0.2, 0) is 0 Å². The van der Waals surface area contributed by atoms with Crippen molar-refractivity contribution in [3.63, 3.8) is 0 Å². The Morgan fingerprint density at radius 3 is 1.77 bits per heavy atom. The molecule has 9 aromatic rings. The topological polar surface area (TPSA) is 91.3 Å². The number of aliphatic imine (C=N–C) groups is 1. The predicted molar refractivity (Wildman–Crippen MR) is 193 cm³/mol. The summed E-state index contributed by atoms with van der Waals surface area (Å²) in [6, 6.07) is 38.2. The van der Waals surface area contributed by atoms with Gasteiger partial charge in [0.2, 0.25) is 0 Å². The largest absolute Gasteiger partial charge is 0.361 e. The van der Waals surface area contributed by atoms with E-state index in [2.05, 4.69) is 153 Å². The van der Waals surface area contributed by atoms with Gasteiger partial charge < -0.3 is 24.9 Å². The van der Waals surface area contributed by atoms with Crippen LogP contribution in [0.2, 0.25) is 0 Å². The molecule has 0 fully saturated rings. The summed E-state index contributed by atoms with van der Waals surface area (Å²) in [6.07, 6.45) is 10.6. The van der Waals surface area contributed by atoms with Crippen LogP contribution in [0.15, 0.2) is 133 Å². The van der Waals surface area contributed by atoms with E-state index in [-0.39, 0.29) is 0 Å². The normalized spacial score (nSPS) is 14.3. The Balaban J connectivity index is 1.26. The van der Waals surface area contributed by atoms with Crippen LogP contribution in [0.3, 0.4) is 0 Å². The molecule has 0 atom stereocenters. The number of hydrogen-bond donors (Lipinski definition) is 5. The molecule has 10 rings (SSSR count). The van der Waals surface area contributed by atoms with Crippen LogP contribution in [-0.4, -0.2) is 31.1 Å². The summed E-state index contributed by atoms with van der Waals surface area (Å²) in [5.41, 5.74) is 14.3. The summed E-state index contributed by atoms with van der Waals surface area (Å²) >= 11 is 0. The van der Waals surface area contributed by atoms with Crippen molar-refractivity contribution >= 4 is 56.3 Å². The van der Waals surface area contributed by atoms with E-state index in [0.29, 0.717) is 0 Å². The Morgan fingerprint density at radius 2 is 1.06 bits per heavy atom. The lowest BCUT2D eigenvalue weighted by Gasteiger charge is -2.00. The zero-order chi connectivity index (χ0) is 30.9. The molecule has 47 heavy (non-hydrogen) atoms. The Bertz CT molecular complexity index is 2810. The first kappa shape index (κ1) is 25.8. The van der Waals surface area contributed by atoms with Gasteiger partial charge in [-0.25, -0.2) is 0 Å². The molecule has 222 valence electrons. The minimum absolute atomic E-state index is 0.991. The zero-order valence-electron chi connectivity index (χ0n) is 25.2. The van der Waals surface area contributed by atoms with Crippen LogP contribution in [0.4, 0.5) is 5.69 Å². The lowest BCUT2D eigenvalue weighted by Crippen LogP contribution is -2.14. The molecule has 5 aromatic heterocycles. The van der Waals surface area contributed by atoms with E-state index in [1.807, 2.05) is 12.3 Å². The van der Waals surface area contributed by atoms with Crippen LogP contribution >= 0.6 is 0 Å². The fraction of sp³-hybridized carbons (Fsp3) is 0. The van der Waals surface area contributed by atoms with Gasteiger partial charge in [-0.2, -0.15) is 0 Å². The molecule has 6 heteroatoms. The summed E-state index contributed by atoms with van der Waals surface area (Å²) < 4.78 is 0. The van der Waals surface area contributed by atoms with Crippen molar-refractivity contribution in [3.05, 3.63) is 150 Å². The second-order valence-corrected chi connectivity index (χ2v) is 12.1. The third kappa shape index (κ3) is 4.02. The van der Waals surface area contributed by atoms with Gasteiger partial charge in [-0.1, -0.05) is 72.8 Å². The number of nitrogens with zero attached hydrogens (tertiary/aromatic N) is 1. The third-order valence-electron chi connectivity index (χ3n) is 9.44. The number of hydrogen-bond acceptors (Lipinski definition) is 1. The summed E-state index contributed by atoms with van der Waals surface area (Å²) in [4.78, 5) is 22.8. The van der Waals surface area contributed by atoms with Crippen LogP contribution in [0.5, 0.6) is 0 Å². The summed E-state index contributed by atoms with van der Waals surface area (Å²) in [7, 11) is 0. The van der Waals surface area contributed by atoms with Gasteiger partial charge in [0.05, 0.1) is 5.69 Å². The molecule has 0 aliphatic carbocycles. The van der Waals surface area contributed by atoms with Crippen LogP contribution in [0.1, 0.15) is 11.3 Å². The minimum Gasteiger partial charge on any atom is -0.361 e. The molecule has 0 amide bonds. The number of nitrogens with one attached hydrogen (secondary N) is 5. The van der Waals surface area contributed by atoms with E-state index >= 15 is 0 Å². The first-order valence-corrected chi connectivity index (χ1v) is 15.8. The standard InChI is InChI=1S/C41H28N6/c1-5-13-34-24(9-1)30(20-42-34)28-17-38(32-22-44-36-15-7-3-11-26(32)36)46-40(28)19-41-29(31-21-43-35-14-6-2-10-25(31)35)18-39(47-41)33-23-45-37-16-8-4-12-27(33)37/h1-23,42-44,46-47H/b39-33+,41-19-/i19+1. The van der Waals surface area contributed by atoms with Gasteiger partial charge in [0.15, 0.2) is 0 Å². The number of aromatic amines is 5. The average Bonchev–Trinajstić information content (AvgIpc) is 3.96. The SMILES string of the molecule is C1=Nc2ccccc2/C1=c1\cc(-c2c[nH]c3ccccc23)/c(=[13CH]/c2[nH]c(-c3c[nH]c4ccccc34)cc2-c2c[nH]c3ccccc23)[nH]1. The zero-order valence-corrected chi connectivity index (χ0v) is 25.2. The first-order valence-electron chi connectivity index (χ1n) is 15.8. The Morgan fingerprint density at radius 1 is 0.489 bits per heavy atom. The molecule has 0 unspecified atom stereocenters. The van der Waals surface area contributed by atoms with Crippen molar-refractivity contribution in [1.29, 1.82) is 0 Å². The van der Waals surface area contributed by atoms with Crippen molar-refractivity contribution in [1.82, 2.24) is 24.9 Å². The highest BCUT2D eigenvalue weighted by Crippen LogP contribution is 2.37. The minimum atomic E-state index is 0.991. The molecular formula is C41H28N6. The van der Waals surface area contributed by atoms with Gasteiger partial charge in [-0.05, 0) is 42.5 Å². The van der Waals surface area contributed by atoms with Gasteiger partial charge >= 0.3 is 0 Å². The number of H-pyrrole nitrogens is 5. The fourth-order valence-electron chi connectivity index (χ4n) is 7.16. The van der Waals surface area contributed by atoms with E-state index in [0.717, 1.165) is 83.3 Å². The van der Waals surface area contributed by atoms with Crippen LogP contribution in [0, 0.1) is 0 Å². The highest BCUT2D eigenvalue weighted by atomic mass is 14.8. The number of benzene rings is 4. The summed E-state index contributed by atoms with van der Waals surface area (Å²) in [6.45, 7) is 0.